The van der Waals surface area contributed by atoms with Crippen LogP contribution in [-0.4, -0.2) is 13.7 Å². The first-order valence-corrected chi connectivity index (χ1v) is 8.33. The van der Waals surface area contributed by atoms with E-state index in [-0.39, 0.29) is 5.41 Å². The van der Waals surface area contributed by atoms with Crippen molar-refractivity contribution in [3.8, 4) is 5.75 Å². The van der Waals surface area contributed by atoms with Gasteiger partial charge >= 0.3 is 0 Å². The van der Waals surface area contributed by atoms with Crippen LogP contribution in [0.15, 0.2) is 10.5 Å². The van der Waals surface area contributed by atoms with Gasteiger partial charge in [-0.3, -0.25) is 0 Å². The van der Waals surface area contributed by atoms with E-state index in [4.69, 9.17) is 10.5 Å². The number of hydrogen-bond donors (Lipinski definition) is 1. The second-order valence-corrected chi connectivity index (χ2v) is 7.18. The normalized spacial score (nSPS) is 17.8. The van der Waals surface area contributed by atoms with E-state index in [2.05, 4.69) is 42.8 Å². The Morgan fingerprint density at radius 1 is 1.35 bits per heavy atom. The molecule has 3 heteroatoms. The zero-order valence-electron chi connectivity index (χ0n) is 13.1. The van der Waals surface area contributed by atoms with Gasteiger partial charge in [0.2, 0.25) is 0 Å². The van der Waals surface area contributed by atoms with Crippen LogP contribution in [0.5, 0.6) is 5.75 Å². The Morgan fingerprint density at radius 3 is 2.40 bits per heavy atom. The molecule has 0 aromatic heterocycles. The minimum Gasteiger partial charge on any atom is -0.496 e. The summed E-state index contributed by atoms with van der Waals surface area (Å²) in [7, 11) is 1.79. The van der Waals surface area contributed by atoms with Crippen LogP contribution in [0.4, 0.5) is 0 Å². The predicted molar refractivity (Wildman–Crippen MR) is 88.7 cm³/mol. The van der Waals surface area contributed by atoms with Crippen LogP contribution >= 0.6 is 15.9 Å². The SMILES string of the molecule is COc1c(C(C)C)cc(Br)c(C)c1C1(CN)CCCC1. The van der Waals surface area contributed by atoms with Gasteiger partial charge in [-0.15, -0.1) is 0 Å². The molecule has 112 valence electrons. The van der Waals surface area contributed by atoms with Crippen molar-refractivity contribution < 1.29 is 4.74 Å². The molecule has 1 aromatic rings. The summed E-state index contributed by atoms with van der Waals surface area (Å²) in [4.78, 5) is 0. The number of benzene rings is 1. The summed E-state index contributed by atoms with van der Waals surface area (Å²) in [5, 5.41) is 0. The van der Waals surface area contributed by atoms with Gasteiger partial charge in [-0.05, 0) is 42.9 Å². The molecule has 2 N–H and O–H groups in total. The lowest BCUT2D eigenvalue weighted by Gasteiger charge is -2.33. The van der Waals surface area contributed by atoms with Gasteiger partial charge in [-0.25, -0.2) is 0 Å². The molecule has 1 aliphatic rings. The third-order valence-corrected chi connectivity index (χ3v) is 5.64. The van der Waals surface area contributed by atoms with Crippen LogP contribution < -0.4 is 10.5 Å². The van der Waals surface area contributed by atoms with Crippen molar-refractivity contribution in [1.82, 2.24) is 0 Å². The fourth-order valence-electron chi connectivity index (χ4n) is 3.64. The first kappa shape index (κ1) is 15.8. The van der Waals surface area contributed by atoms with Crippen LogP contribution in [-0.2, 0) is 5.41 Å². The Bertz CT molecular complexity index is 490. The van der Waals surface area contributed by atoms with Gasteiger partial charge in [0.25, 0.3) is 0 Å². The summed E-state index contributed by atoms with van der Waals surface area (Å²) in [6.45, 7) is 7.32. The highest BCUT2D eigenvalue weighted by atomic mass is 79.9. The largest absolute Gasteiger partial charge is 0.496 e. The van der Waals surface area contributed by atoms with Crippen LogP contribution in [0.2, 0.25) is 0 Å². The summed E-state index contributed by atoms with van der Waals surface area (Å²) in [5.41, 5.74) is 10.2. The molecule has 1 saturated carbocycles. The summed E-state index contributed by atoms with van der Waals surface area (Å²) >= 11 is 3.73. The zero-order chi connectivity index (χ0) is 14.9. The second-order valence-electron chi connectivity index (χ2n) is 6.33. The Kier molecular flexibility index (Phi) is 4.80. The number of methoxy groups -OCH3 is 1. The molecule has 2 rings (SSSR count). The Morgan fingerprint density at radius 2 is 1.95 bits per heavy atom. The lowest BCUT2D eigenvalue weighted by Crippen LogP contribution is -2.33. The third kappa shape index (κ3) is 2.50. The van der Waals surface area contributed by atoms with E-state index < -0.39 is 0 Å². The average Bonchev–Trinajstić information content (AvgIpc) is 2.90. The smallest absolute Gasteiger partial charge is 0.126 e. The topological polar surface area (TPSA) is 35.2 Å². The highest BCUT2D eigenvalue weighted by Gasteiger charge is 2.39. The molecule has 0 radical (unpaired) electrons. The molecular formula is C17H26BrNO. The number of hydrogen-bond acceptors (Lipinski definition) is 2. The van der Waals surface area contributed by atoms with E-state index in [1.165, 1.54) is 46.8 Å². The molecule has 1 aromatic carbocycles. The number of nitrogens with two attached hydrogens (primary N) is 1. The van der Waals surface area contributed by atoms with Gasteiger partial charge < -0.3 is 10.5 Å². The first-order chi connectivity index (χ1) is 9.46. The summed E-state index contributed by atoms with van der Waals surface area (Å²) in [5.74, 6) is 1.50. The minimum atomic E-state index is 0.100. The molecule has 0 unspecified atom stereocenters. The zero-order valence-corrected chi connectivity index (χ0v) is 14.6. The molecule has 20 heavy (non-hydrogen) atoms. The van der Waals surface area contributed by atoms with Crippen LogP contribution in [0.3, 0.4) is 0 Å². The fourth-order valence-corrected chi connectivity index (χ4v) is 4.08. The highest BCUT2D eigenvalue weighted by molar-refractivity contribution is 9.10. The molecule has 0 saturated heterocycles. The van der Waals surface area contributed by atoms with E-state index in [9.17, 15) is 0 Å². The Balaban J connectivity index is 2.72. The summed E-state index contributed by atoms with van der Waals surface area (Å²) in [6.07, 6.45) is 4.88. The van der Waals surface area contributed by atoms with Crippen LogP contribution in [0, 0.1) is 6.92 Å². The molecule has 2 nitrogen and oxygen atoms in total. The number of rotatable bonds is 4. The van der Waals surface area contributed by atoms with Gasteiger partial charge in [0, 0.05) is 22.0 Å². The van der Waals surface area contributed by atoms with Gasteiger partial charge in [0.05, 0.1) is 7.11 Å². The van der Waals surface area contributed by atoms with Gasteiger partial charge in [-0.2, -0.15) is 0 Å². The maximum atomic E-state index is 6.20. The molecule has 0 bridgehead atoms. The average molecular weight is 340 g/mol. The second kappa shape index (κ2) is 6.07. The van der Waals surface area contributed by atoms with Crippen molar-refractivity contribution >= 4 is 15.9 Å². The van der Waals surface area contributed by atoms with Gasteiger partial charge in [0.15, 0.2) is 0 Å². The third-order valence-electron chi connectivity index (χ3n) is 4.81. The lowest BCUT2D eigenvalue weighted by molar-refractivity contribution is 0.370. The monoisotopic (exact) mass is 339 g/mol. The fraction of sp³-hybridized carbons (Fsp3) is 0.647. The van der Waals surface area contributed by atoms with Crippen LogP contribution in [0.25, 0.3) is 0 Å². The molecular weight excluding hydrogens is 314 g/mol. The Hall–Kier alpha value is -0.540. The minimum absolute atomic E-state index is 0.100. The van der Waals surface area contributed by atoms with Crippen molar-refractivity contribution in [2.24, 2.45) is 5.73 Å². The van der Waals surface area contributed by atoms with Crippen LogP contribution in [0.1, 0.15) is 62.1 Å². The van der Waals surface area contributed by atoms with Crippen molar-refractivity contribution in [2.45, 2.75) is 57.8 Å². The first-order valence-electron chi connectivity index (χ1n) is 7.54. The maximum Gasteiger partial charge on any atom is 0.126 e. The standard InChI is InChI=1S/C17H26BrNO/c1-11(2)13-9-14(18)12(3)15(16(13)20-4)17(10-19)7-5-6-8-17/h9,11H,5-8,10,19H2,1-4H3. The van der Waals surface area contributed by atoms with E-state index in [0.717, 1.165) is 5.75 Å². The molecule has 0 heterocycles. The van der Waals surface area contributed by atoms with Crippen molar-refractivity contribution in [2.75, 3.05) is 13.7 Å². The maximum absolute atomic E-state index is 6.20. The van der Waals surface area contributed by atoms with Gasteiger partial charge in [-0.1, -0.05) is 42.6 Å². The van der Waals surface area contributed by atoms with Crippen molar-refractivity contribution in [3.05, 3.63) is 27.2 Å². The van der Waals surface area contributed by atoms with Gasteiger partial charge in [0.1, 0.15) is 5.75 Å². The molecule has 0 spiro atoms. The van der Waals surface area contributed by atoms with E-state index in [0.29, 0.717) is 12.5 Å². The molecule has 0 atom stereocenters. The van der Waals surface area contributed by atoms with Crippen molar-refractivity contribution in [3.63, 3.8) is 0 Å². The molecule has 0 aliphatic heterocycles. The quantitative estimate of drug-likeness (QED) is 0.865. The molecule has 1 fully saturated rings. The predicted octanol–water partition coefficient (Wildman–Crippen LogP) is 4.66. The molecule has 0 amide bonds. The highest BCUT2D eigenvalue weighted by Crippen LogP contribution is 2.49. The van der Waals surface area contributed by atoms with E-state index >= 15 is 0 Å². The number of halogens is 1. The van der Waals surface area contributed by atoms with Crippen molar-refractivity contribution in [1.29, 1.82) is 0 Å². The summed E-state index contributed by atoms with van der Waals surface area (Å²) < 4.78 is 7.01. The van der Waals surface area contributed by atoms with E-state index in [1.807, 2.05) is 0 Å². The van der Waals surface area contributed by atoms with E-state index in [1.54, 1.807) is 7.11 Å². The lowest BCUT2D eigenvalue weighted by atomic mass is 9.75. The molecule has 1 aliphatic carbocycles. The Labute approximate surface area is 131 Å². The number of ether oxygens (including phenoxy) is 1. The summed E-state index contributed by atoms with van der Waals surface area (Å²) in [6, 6.07) is 2.21.